The van der Waals surface area contributed by atoms with Crippen molar-refractivity contribution >= 4 is 23.0 Å². The van der Waals surface area contributed by atoms with Gasteiger partial charge < -0.3 is 9.80 Å². The molecule has 0 saturated heterocycles. The van der Waals surface area contributed by atoms with E-state index in [0.29, 0.717) is 0 Å². The lowest BCUT2D eigenvalue weighted by atomic mass is 9.50. The number of nitrogens with zero attached hydrogens (tertiary/aromatic N) is 4. The number of aromatic nitrogens is 2. The van der Waals surface area contributed by atoms with Gasteiger partial charge in [-0.1, -0.05) is 81.5 Å². The fraction of sp³-hybridized carbons (Fsp3) is 0.250. The molecule has 4 heteroatoms. The van der Waals surface area contributed by atoms with Crippen molar-refractivity contribution in [3.05, 3.63) is 108 Å². The standard InChI is InChI=1S/C32H30N4/c1-5-22-11-9-10-21(2)27(22)23-14-15-25-26(20-23)36-29-28(33-18-19-34-29)35(24-12-7-6-8-13-24)30(36)32(4)17-16-31(25,32)3/h6-20,30H,5H2,1-4H3. The Morgan fingerprint density at radius 1 is 0.833 bits per heavy atom. The first kappa shape index (κ1) is 21.4. The second kappa shape index (κ2) is 7.30. The van der Waals surface area contributed by atoms with Gasteiger partial charge in [-0.15, -0.1) is 0 Å². The molecule has 3 atom stereocenters. The Balaban J connectivity index is 1.51. The lowest BCUT2D eigenvalue weighted by Crippen LogP contribution is -2.64. The summed E-state index contributed by atoms with van der Waals surface area (Å²) < 4.78 is 0. The van der Waals surface area contributed by atoms with Crippen LogP contribution in [0.25, 0.3) is 11.1 Å². The molecule has 1 aromatic heterocycles. The molecule has 3 heterocycles. The average molecular weight is 471 g/mol. The van der Waals surface area contributed by atoms with E-state index in [4.69, 9.17) is 9.97 Å². The van der Waals surface area contributed by atoms with Crippen LogP contribution in [0.4, 0.5) is 23.0 Å². The first-order valence-electron chi connectivity index (χ1n) is 12.9. The van der Waals surface area contributed by atoms with E-state index in [-0.39, 0.29) is 17.0 Å². The quantitative estimate of drug-likeness (QED) is 0.291. The molecule has 3 unspecified atom stereocenters. The molecule has 0 amide bonds. The van der Waals surface area contributed by atoms with Crippen molar-refractivity contribution < 1.29 is 0 Å². The summed E-state index contributed by atoms with van der Waals surface area (Å²) in [5, 5.41) is 0. The van der Waals surface area contributed by atoms with Crippen molar-refractivity contribution in [2.75, 3.05) is 9.80 Å². The van der Waals surface area contributed by atoms with Gasteiger partial charge in [-0.05, 0) is 59.4 Å². The summed E-state index contributed by atoms with van der Waals surface area (Å²) in [7, 11) is 0. The number of para-hydroxylation sites is 1. The fourth-order valence-corrected chi connectivity index (χ4v) is 6.74. The highest BCUT2D eigenvalue weighted by atomic mass is 15.5. The van der Waals surface area contributed by atoms with E-state index in [1.165, 1.54) is 33.5 Å². The molecule has 36 heavy (non-hydrogen) atoms. The van der Waals surface area contributed by atoms with Gasteiger partial charge in [0.05, 0.1) is 0 Å². The number of rotatable bonds is 3. The summed E-state index contributed by atoms with van der Waals surface area (Å²) >= 11 is 0. The Kier molecular flexibility index (Phi) is 4.33. The molecule has 0 N–H and O–H groups in total. The Labute approximate surface area is 213 Å². The lowest BCUT2D eigenvalue weighted by Gasteiger charge is -2.61. The molecule has 1 aliphatic carbocycles. The molecule has 0 spiro atoms. The highest BCUT2D eigenvalue weighted by molar-refractivity contribution is 5.90. The van der Waals surface area contributed by atoms with Gasteiger partial charge in [0, 0.05) is 34.6 Å². The van der Waals surface area contributed by atoms with Crippen LogP contribution in [0.5, 0.6) is 0 Å². The van der Waals surface area contributed by atoms with E-state index in [0.717, 1.165) is 23.7 Å². The summed E-state index contributed by atoms with van der Waals surface area (Å²) in [6.07, 6.45) is 9.45. The minimum atomic E-state index is -0.114. The zero-order chi connectivity index (χ0) is 24.7. The van der Waals surface area contributed by atoms with Crippen molar-refractivity contribution in [2.24, 2.45) is 5.41 Å². The normalized spacial score (nSPS) is 25.1. The van der Waals surface area contributed by atoms with Crippen LogP contribution in [0.2, 0.25) is 0 Å². The van der Waals surface area contributed by atoms with E-state index in [9.17, 15) is 0 Å². The van der Waals surface area contributed by atoms with Crippen LogP contribution in [-0.4, -0.2) is 16.1 Å². The van der Waals surface area contributed by atoms with Gasteiger partial charge in [0.15, 0.2) is 11.6 Å². The Bertz CT molecular complexity index is 1540. The molecule has 3 aromatic carbocycles. The highest BCUT2D eigenvalue weighted by Gasteiger charge is 2.64. The second-order valence-corrected chi connectivity index (χ2v) is 10.7. The topological polar surface area (TPSA) is 32.3 Å². The average Bonchev–Trinajstić information content (AvgIpc) is 3.26. The Morgan fingerprint density at radius 3 is 2.28 bits per heavy atom. The van der Waals surface area contributed by atoms with Crippen molar-refractivity contribution in [1.82, 2.24) is 9.97 Å². The smallest absolute Gasteiger partial charge is 0.178 e. The molecule has 4 nitrogen and oxygen atoms in total. The predicted octanol–water partition coefficient (Wildman–Crippen LogP) is 7.48. The molecule has 0 radical (unpaired) electrons. The van der Waals surface area contributed by atoms with Crippen LogP contribution in [0.3, 0.4) is 0 Å². The molecule has 0 saturated carbocycles. The van der Waals surface area contributed by atoms with Crippen LogP contribution in [0.1, 0.15) is 37.5 Å². The lowest BCUT2D eigenvalue weighted by molar-refractivity contribution is 0.174. The molecule has 3 aliphatic rings. The molecule has 7 rings (SSSR count). The summed E-state index contributed by atoms with van der Waals surface area (Å²) in [4.78, 5) is 14.6. The number of fused-ring (bicyclic) bond motifs is 8. The van der Waals surface area contributed by atoms with E-state index in [1.807, 2.05) is 12.4 Å². The molecule has 0 bridgehead atoms. The van der Waals surface area contributed by atoms with Gasteiger partial charge >= 0.3 is 0 Å². The first-order chi connectivity index (χ1) is 17.5. The van der Waals surface area contributed by atoms with Crippen LogP contribution in [0.15, 0.2) is 91.3 Å². The van der Waals surface area contributed by atoms with E-state index in [2.05, 4.69) is 116 Å². The van der Waals surface area contributed by atoms with Crippen molar-refractivity contribution in [1.29, 1.82) is 0 Å². The summed E-state index contributed by atoms with van der Waals surface area (Å²) in [5.74, 6) is 1.84. The SMILES string of the molecule is CCc1cccc(C)c1-c1ccc2c(c1)N1c3nccnc3N(c3ccccc3)C1C1(C)C=CC21C. The van der Waals surface area contributed by atoms with Crippen LogP contribution in [0, 0.1) is 12.3 Å². The number of hydrogen-bond acceptors (Lipinski definition) is 4. The Morgan fingerprint density at radius 2 is 1.58 bits per heavy atom. The number of hydrogen-bond donors (Lipinski definition) is 0. The number of benzene rings is 3. The maximum absolute atomic E-state index is 4.91. The summed E-state index contributed by atoms with van der Waals surface area (Å²) in [5.41, 5.74) is 8.83. The predicted molar refractivity (Wildman–Crippen MR) is 147 cm³/mol. The van der Waals surface area contributed by atoms with E-state index in [1.54, 1.807) is 0 Å². The van der Waals surface area contributed by atoms with Gasteiger partial charge in [0.2, 0.25) is 0 Å². The third kappa shape index (κ3) is 2.54. The van der Waals surface area contributed by atoms with Crippen LogP contribution < -0.4 is 9.80 Å². The van der Waals surface area contributed by atoms with Gasteiger partial charge in [-0.3, -0.25) is 0 Å². The van der Waals surface area contributed by atoms with Gasteiger partial charge in [0.25, 0.3) is 0 Å². The number of anilines is 4. The van der Waals surface area contributed by atoms with Crippen molar-refractivity contribution in [2.45, 2.75) is 45.7 Å². The van der Waals surface area contributed by atoms with Gasteiger partial charge in [0.1, 0.15) is 6.17 Å². The first-order valence-corrected chi connectivity index (χ1v) is 12.9. The number of allylic oxidation sites excluding steroid dienone is 1. The minimum absolute atomic E-state index is 0.0394. The molecular weight excluding hydrogens is 440 g/mol. The molecule has 178 valence electrons. The Hall–Kier alpha value is -3.92. The molecule has 2 aliphatic heterocycles. The second-order valence-electron chi connectivity index (χ2n) is 10.7. The van der Waals surface area contributed by atoms with Crippen LogP contribution >= 0.6 is 0 Å². The number of aryl methyl sites for hydroxylation is 2. The largest absolute Gasteiger partial charge is 0.301 e. The van der Waals surface area contributed by atoms with Crippen molar-refractivity contribution in [3.8, 4) is 11.1 Å². The van der Waals surface area contributed by atoms with E-state index < -0.39 is 0 Å². The zero-order valence-corrected chi connectivity index (χ0v) is 21.2. The van der Waals surface area contributed by atoms with Crippen LogP contribution in [-0.2, 0) is 11.8 Å². The maximum atomic E-state index is 4.91. The highest BCUT2D eigenvalue weighted by Crippen LogP contribution is 2.66. The third-order valence-electron chi connectivity index (χ3n) is 8.90. The minimum Gasteiger partial charge on any atom is -0.301 e. The summed E-state index contributed by atoms with van der Waals surface area (Å²) in [6, 6.07) is 24.3. The third-order valence-corrected chi connectivity index (χ3v) is 8.90. The molecule has 0 fully saturated rings. The zero-order valence-electron chi connectivity index (χ0n) is 21.2. The van der Waals surface area contributed by atoms with Gasteiger partial charge in [-0.25, -0.2) is 9.97 Å². The van der Waals surface area contributed by atoms with E-state index >= 15 is 0 Å². The van der Waals surface area contributed by atoms with Gasteiger partial charge in [-0.2, -0.15) is 0 Å². The molecular formula is C32H30N4. The maximum Gasteiger partial charge on any atom is 0.178 e. The fourth-order valence-electron chi connectivity index (χ4n) is 6.74. The van der Waals surface area contributed by atoms with Crippen molar-refractivity contribution in [3.63, 3.8) is 0 Å². The summed E-state index contributed by atoms with van der Waals surface area (Å²) in [6.45, 7) is 9.24. The monoisotopic (exact) mass is 470 g/mol. The molecule has 4 aromatic rings.